The van der Waals surface area contributed by atoms with Gasteiger partial charge in [0, 0.05) is 13.1 Å². The monoisotopic (exact) mass is 405 g/mol. The molecule has 3 N–H and O–H groups in total. The first-order valence-electron chi connectivity index (χ1n) is 7.65. The van der Waals surface area contributed by atoms with Gasteiger partial charge in [0.25, 0.3) is 5.91 Å². The van der Waals surface area contributed by atoms with E-state index in [-0.39, 0.29) is 28.6 Å². The summed E-state index contributed by atoms with van der Waals surface area (Å²) < 4.78 is 31.2. The van der Waals surface area contributed by atoms with Crippen LogP contribution in [0.4, 0.5) is 4.79 Å². The molecule has 3 amide bonds. The Hall–Kier alpha value is -2.17. The van der Waals surface area contributed by atoms with Gasteiger partial charge in [-0.25, -0.2) is 18.0 Å². The number of sulfonamides is 1. The number of benzene rings is 1. The van der Waals surface area contributed by atoms with Crippen molar-refractivity contribution in [3.8, 4) is 0 Å². The molecule has 1 aromatic carbocycles. The van der Waals surface area contributed by atoms with E-state index in [1.165, 1.54) is 23.4 Å². The molecule has 9 nitrogen and oxygen atoms in total. The summed E-state index contributed by atoms with van der Waals surface area (Å²) in [5.74, 6) is -1.94. The minimum absolute atomic E-state index is 0.0454. The van der Waals surface area contributed by atoms with Crippen molar-refractivity contribution >= 4 is 39.5 Å². The van der Waals surface area contributed by atoms with Crippen LogP contribution in [-0.2, 0) is 19.6 Å². The third-order valence-corrected chi connectivity index (χ3v) is 5.78. The molecule has 0 radical (unpaired) electrons. The number of primary amides is 1. The Labute approximate surface area is 156 Å². The average molecular weight is 406 g/mol. The lowest BCUT2D eigenvalue weighted by Gasteiger charge is -2.19. The average Bonchev–Trinajstić information content (AvgIpc) is 2.55. The summed E-state index contributed by atoms with van der Waals surface area (Å²) in [7, 11) is -3.81. The zero-order valence-electron chi connectivity index (χ0n) is 14.5. The highest BCUT2D eigenvalue weighted by Gasteiger charge is 2.26. The van der Waals surface area contributed by atoms with Crippen LogP contribution in [0.3, 0.4) is 0 Å². The molecule has 26 heavy (non-hydrogen) atoms. The lowest BCUT2D eigenvalue weighted by Crippen LogP contribution is -2.42. The lowest BCUT2D eigenvalue weighted by molar-refractivity contribution is -0.127. The van der Waals surface area contributed by atoms with E-state index in [2.05, 4.69) is 0 Å². The molecule has 0 aliphatic rings. The smallest absolute Gasteiger partial charge is 0.340 e. The predicted octanol–water partition coefficient (Wildman–Crippen LogP) is 1.11. The number of nitrogens with two attached hydrogens (primary N) is 1. The van der Waals surface area contributed by atoms with Crippen molar-refractivity contribution in [2.24, 2.45) is 5.73 Å². The zero-order valence-corrected chi connectivity index (χ0v) is 16.1. The summed E-state index contributed by atoms with van der Waals surface area (Å²) in [5, 5.41) is 1.72. The summed E-state index contributed by atoms with van der Waals surface area (Å²) in [6.45, 7) is 5.11. The number of rotatable bonds is 7. The lowest BCUT2D eigenvalue weighted by atomic mass is 10.2. The second-order valence-corrected chi connectivity index (χ2v) is 7.48. The molecule has 0 bridgehead atoms. The Balaban J connectivity index is 3.12. The van der Waals surface area contributed by atoms with Gasteiger partial charge in [0.15, 0.2) is 6.10 Å². The van der Waals surface area contributed by atoms with Gasteiger partial charge in [-0.05, 0) is 25.1 Å². The van der Waals surface area contributed by atoms with Crippen LogP contribution >= 0.6 is 11.6 Å². The molecule has 1 rings (SSSR count). The highest BCUT2D eigenvalue weighted by molar-refractivity contribution is 7.89. The van der Waals surface area contributed by atoms with Crippen molar-refractivity contribution in [3.05, 3.63) is 28.8 Å². The van der Waals surface area contributed by atoms with Crippen LogP contribution in [0.2, 0.25) is 5.02 Å². The number of nitrogens with zero attached hydrogens (tertiary/aromatic N) is 1. The Morgan fingerprint density at radius 2 is 1.85 bits per heavy atom. The molecule has 0 saturated carbocycles. The van der Waals surface area contributed by atoms with Crippen LogP contribution in [0.1, 0.15) is 31.1 Å². The molecule has 0 heterocycles. The number of ether oxygens (including phenoxy) is 1. The standard InChI is InChI=1S/C15H20ClN3O6S/c1-4-19(5-2)26(23,24)10-6-7-12(16)11(8-10)14(21)25-9(3)13(20)18-15(17)22/h6-9H,4-5H2,1-3H3,(H3,17,18,20,22)/t9-/m0/s1. The highest BCUT2D eigenvalue weighted by atomic mass is 35.5. The second kappa shape index (κ2) is 8.97. The third kappa shape index (κ3) is 5.16. The summed E-state index contributed by atoms with van der Waals surface area (Å²) in [4.78, 5) is 34.3. The van der Waals surface area contributed by atoms with E-state index in [4.69, 9.17) is 22.1 Å². The van der Waals surface area contributed by atoms with Gasteiger partial charge in [-0.3, -0.25) is 10.1 Å². The van der Waals surface area contributed by atoms with Crippen molar-refractivity contribution in [2.45, 2.75) is 31.8 Å². The van der Waals surface area contributed by atoms with E-state index >= 15 is 0 Å². The number of hydrogen-bond donors (Lipinski definition) is 2. The maximum Gasteiger partial charge on any atom is 0.340 e. The molecule has 0 aliphatic heterocycles. The SMILES string of the molecule is CCN(CC)S(=O)(=O)c1ccc(Cl)c(C(=O)O[C@@H](C)C(=O)NC(N)=O)c1. The first-order valence-corrected chi connectivity index (χ1v) is 9.47. The van der Waals surface area contributed by atoms with E-state index in [0.29, 0.717) is 0 Å². The van der Waals surface area contributed by atoms with Gasteiger partial charge < -0.3 is 10.5 Å². The van der Waals surface area contributed by atoms with E-state index in [1.807, 2.05) is 0 Å². The molecule has 0 aliphatic carbocycles. The summed E-state index contributed by atoms with van der Waals surface area (Å²) in [5.41, 5.74) is 4.59. The molecule has 144 valence electrons. The van der Waals surface area contributed by atoms with Gasteiger partial charge in [-0.2, -0.15) is 4.31 Å². The van der Waals surface area contributed by atoms with Gasteiger partial charge >= 0.3 is 12.0 Å². The molecule has 0 fully saturated rings. The molecule has 1 aromatic rings. The van der Waals surface area contributed by atoms with Crippen molar-refractivity contribution in [1.29, 1.82) is 0 Å². The molecule has 0 spiro atoms. The van der Waals surface area contributed by atoms with Crippen LogP contribution < -0.4 is 11.1 Å². The Kier molecular flexibility index (Phi) is 7.54. The van der Waals surface area contributed by atoms with Gasteiger partial charge in [0.05, 0.1) is 15.5 Å². The van der Waals surface area contributed by atoms with Crippen LogP contribution in [0.15, 0.2) is 23.1 Å². The Bertz CT molecular complexity index is 808. The topological polar surface area (TPSA) is 136 Å². The van der Waals surface area contributed by atoms with Gasteiger partial charge in [0.1, 0.15) is 0 Å². The minimum atomic E-state index is -3.81. The van der Waals surface area contributed by atoms with Crippen molar-refractivity contribution in [3.63, 3.8) is 0 Å². The molecule has 0 unspecified atom stereocenters. The van der Waals surface area contributed by atoms with Crippen molar-refractivity contribution in [2.75, 3.05) is 13.1 Å². The summed E-state index contributed by atoms with van der Waals surface area (Å²) in [6.07, 6.45) is -1.34. The number of esters is 1. The number of carbonyl (C=O) groups is 3. The fourth-order valence-electron chi connectivity index (χ4n) is 2.03. The van der Waals surface area contributed by atoms with Crippen molar-refractivity contribution in [1.82, 2.24) is 9.62 Å². The van der Waals surface area contributed by atoms with Crippen LogP contribution in [0, 0.1) is 0 Å². The van der Waals surface area contributed by atoms with E-state index in [1.54, 1.807) is 19.2 Å². The molecular formula is C15H20ClN3O6S. The number of halogens is 1. The molecule has 1 atom stereocenters. The number of nitrogens with one attached hydrogen (secondary N) is 1. The molecule has 11 heteroatoms. The van der Waals surface area contributed by atoms with Gasteiger partial charge in [-0.1, -0.05) is 25.4 Å². The normalized spacial score (nSPS) is 12.5. The third-order valence-electron chi connectivity index (χ3n) is 3.40. The summed E-state index contributed by atoms with van der Waals surface area (Å²) in [6, 6.07) is 2.51. The van der Waals surface area contributed by atoms with E-state index in [0.717, 1.165) is 6.07 Å². The molecule has 0 saturated heterocycles. The van der Waals surface area contributed by atoms with Crippen LogP contribution in [0.5, 0.6) is 0 Å². The summed E-state index contributed by atoms with van der Waals surface area (Å²) >= 11 is 5.95. The molecule has 0 aromatic heterocycles. The quantitative estimate of drug-likeness (QED) is 0.652. The fourth-order valence-corrected chi connectivity index (χ4v) is 3.71. The Morgan fingerprint density at radius 3 is 2.35 bits per heavy atom. The number of amides is 3. The maximum absolute atomic E-state index is 12.5. The number of carbonyl (C=O) groups excluding carboxylic acids is 3. The maximum atomic E-state index is 12.5. The Morgan fingerprint density at radius 1 is 1.27 bits per heavy atom. The highest BCUT2D eigenvalue weighted by Crippen LogP contribution is 2.24. The van der Waals surface area contributed by atoms with Gasteiger partial charge in [0.2, 0.25) is 10.0 Å². The number of imide groups is 1. The first-order chi connectivity index (χ1) is 12.0. The fraction of sp³-hybridized carbons (Fsp3) is 0.400. The second-order valence-electron chi connectivity index (χ2n) is 5.13. The predicted molar refractivity (Wildman–Crippen MR) is 94.2 cm³/mol. The number of hydrogen-bond acceptors (Lipinski definition) is 6. The molecular weight excluding hydrogens is 386 g/mol. The van der Waals surface area contributed by atoms with E-state index < -0.39 is 34.0 Å². The van der Waals surface area contributed by atoms with Crippen molar-refractivity contribution < 1.29 is 27.5 Å². The van der Waals surface area contributed by atoms with Gasteiger partial charge in [-0.15, -0.1) is 0 Å². The largest absolute Gasteiger partial charge is 0.449 e. The zero-order chi connectivity index (χ0) is 20.1. The van der Waals surface area contributed by atoms with Crippen LogP contribution in [0.25, 0.3) is 0 Å². The number of urea groups is 1. The van der Waals surface area contributed by atoms with Crippen LogP contribution in [-0.4, -0.2) is 49.8 Å². The minimum Gasteiger partial charge on any atom is -0.449 e. The van der Waals surface area contributed by atoms with E-state index in [9.17, 15) is 22.8 Å². The first kappa shape index (κ1) is 21.9.